The Kier molecular flexibility index (Phi) is 3.77. The van der Waals surface area contributed by atoms with Gasteiger partial charge in [-0.2, -0.15) is 9.97 Å². The maximum absolute atomic E-state index is 10.9. The Bertz CT molecular complexity index is 6530. The molecule has 0 aliphatic rings. The van der Waals surface area contributed by atoms with Gasteiger partial charge in [-0.1, -0.05) is 199 Å². The Morgan fingerprint density at radius 3 is 1.44 bits per heavy atom. The number of para-hydroxylation sites is 6. The first-order chi connectivity index (χ1) is 51.8. The highest BCUT2D eigenvalue weighted by Crippen LogP contribution is 2.37. The van der Waals surface area contributed by atoms with Gasteiger partial charge in [0.25, 0.3) is 0 Å². The number of nitrogens with zero attached hydrogens (tertiary/aromatic N) is 5. The minimum absolute atomic E-state index is 0.550. The lowest BCUT2D eigenvalue weighted by Gasteiger charge is -2.34. The van der Waals surface area contributed by atoms with Crippen LogP contribution in [0.4, 0.5) is 0 Å². The number of benzene rings is 10. The molecule has 0 bridgehead atoms. The predicted octanol–water partition coefficient (Wildman–Crippen LogP) is 12.7. The molecule has 0 spiro atoms. The van der Waals surface area contributed by atoms with Crippen LogP contribution in [0.15, 0.2) is 252 Å². The fourth-order valence-corrected chi connectivity index (χ4v) is 12.0. The zero-order valence-corrected chi connectivity index (χ0v) is 35.6. The molecule has 0 saturated heterocycles. The van der Waals surface area contributed by atoms with Crippen molar-refractivity contribution in [2.45, 2.75) is 0 Å². The lowest BCUT2D eigenvalue weighted by atomic mass is 10.1. The molecule has 70 heavy (non-hydrogen) atoms. The summed E-state index contributed by atoms with van der Waals surface area (Å²) in [5.74, 6) is -3.94. The molecule has 7 heteroatoms. The van der Waals surface area contributed by atoms with E-state index in [0.717, 1.165) is 0 Å². The van der Waals surface area contributed by atoms with Gasteiger partial charge in [0, 0.05) is 43.4 Å². The molecule has 4 aromatic heterocycles. The van der Waals surface area contributed by atoms with Crippen LogP contribution in [0.25, 0.3) is 100.0 Å². The standard InChI is InChI=1S/C63H41N5OSi/c1-3-21-43(22-4-1)70(44-23-5-2-6-24-44,46-38-39-60-53(41-46)51-30-12-18-37-59(51)69-60)45-25-19-20-42(40-45)61-64-62(66-63(65-61)68-56-34-15-9-28-49(56)50-29-10-16-35-57(50)68)52-31-11-17-36-58(52)67-54-32-13-7-26-47(54)48-27-8-14-33-55(48)67/h1-41H/i1D,2D,3D,4D,5D,6D,7D,8D,9D,10D,11D,12D,13D,14D,15D,16D,17D,18D,19D,20D,21D,22D,23D,24D,25D,26D,27D,28D,29D,30D,31D,32D,33D,34D,35D,36D,37D,38D,39D,40D,41D. The number of hydrogen-bond donors (Lipinski definition) is 0. The van der Waals surface area contributed by atoms with E-state index in [1.807, 2.05) is 0 Å². The molecule has 6 nitrogen and oxygen atoms in total. The van der Waals surface area contributed by atoms with E-state index in [9.17, 15) is 37.0 Å². The maximum Gasteiger partial charge on any atom is 0.238 e. The third-order valence-corrected chi connectivity index (χ3v) is 15.2. The van der Waals surface area contributed by atoms with Gasteiger partial charge in [0.15, 0.2) is 19.7 Å². The second-order valence-electron chi connectivity index (χ2n) is 14.8. The molecular weight excluding hydrogens is 871 g/mol. The molecular formula is C63H41N5OSi. The molecule has 0 aliphatic heterocycles. The Balaban J connectivity index is 1.30. The van der Waals surface area contributed by atoms with Crippen LogP contribution in [0.1, 0.15) is 56.2 Å². The van der Waals surface area contributed by atoms with E-state index in [0.29, 0.717) is 9.13 Å². The summed E-state index contributed by atoms with van der Waals surface area (Å²) in [6.45, 7) is 0. The molecule has 0 amide bonds. The molecule has 14 rings (SSSR count). The highest BCUT2D eigenvalue weighted by molar-refractivity contribution is 7.20. The van der Waals surface area contributed by atoms with E-state index in [4.69, 9.17) is 23.6 Å². The Labute approximate surface area is 461 Å². The smallest absolute Gasteiger partial charge is 0.238 e. The van der Waals surface area contributed by atoms with E-state index >= 15 is 0 Å². The fourth-order valence-electron chi connectivity index (χ4n) is 8.35. The van der Waals surface area contributed by atoms with Gasteiger partial charge in [0.05, 0.1) is 84.0 Å². The third-order valence-electron chi connectivity index (χ3n) is 11.2. The number of hydrogen-bond acceptors (Lipinski definition) is 4. The zero-order chi connectivity index (χ0) is 81.9. The quantitative estimate of drug-likeness (QED) is 0.112. The van der Waals surface area contributed by atoms with Crippen molar-refractivity contribution in [1.82, 2.24) is 24.1 Å². The van der Waals surface area contributed by atoms with E-state index in [2.05, 4.69) is 15.0 Å². The number of fused-ring (bicyclic) bond motifs is 9. The minimum Gasteiger partial charge on any atom is -0.456 e. The van der Waals surface area contributed by atoms with Crippen molar-refractivity contribution in [3.8, 4) is 34.4 Å². The summed E-state index contributed by atoms with van der Waals surface area (Å²) in [6, 6.07) is -49.3. The van der Waals surface area contributed by atoms with Gasteiger partial charge < -0.3 is 8.98 Å². The lowest BCUT2D eigenvalue weighted by Crippen LogP contribution is -2.74. The van der Waals surface area contributed by atoms with Crippen molar-refractivity contribution in [2.24, 2.45) is 0 Å². The Hall–Kier alpha value is -9.17. The zero-order valence-electron chi connectivity index (χ0n) is 75.6. The summed E-state index contributed by atoms with van der Waals surface area (Å²) in [5, 5.41) is -9.86. The molecule has 0 N–H and O–H groups in total. The van der Waals surface area contributed by atoms with Crippen molar-refractivity contribution in [3.05, 3.63) is 248 Å². The van der Waals surface area contributed by atoms with Gasteiger partial charge >= 0.3 is 0 Å². The van der Waals surface area contributed by atoms with Gasteiger partial charge in [0.2, 0.25) is 5.95 Å². The maximum atomic E-state index is 10.9. The summed E-state index contributed by atoms with van der Waals surface area (Å²) in [7, 11) is -6.92. The summed E-state index contributed by atoms with van der Waals surface area (Å²) in [5.41, 5.74) is -8.67. The Morgan fingerprint density at radius 1 is 0.343 bits per heavy atom. The highest BCUT2D eigenvalue weighted by Gasteiger charge is 2.42. The van der Waals surface area contributed by atoms with Gasteiger partial charge in [-0.25, -0.2) is 4.98 Å². The minimum atomic E-state index is -6.92. The number of rotatable bonds is 8. The first-order valence-electron chi connectivity index (χ1n) is 40.8. The average molecular weight is 953 g/mol. The summed E-state index contributed by atoms with van der Waals surface area (Å²) >= 11 is 0. The number of aromatic nitrogens is 5. The van der Waals surface area contributed by atoms with Crippen LogP contribution in [0.3, 0.4) is 0 Å². The van der Waals surface area contributed by atoms with Gasteiger partial charge in [-0.05, 0) is 69.1 Å². The van der Waals surface area contributed by atoms with Crippen LogP contribution in [0, 0.1) is 0 Å². The molecule has 10 aromatic carbocycles. The van der Waals surface area contributed by atoms with Crippen molar-refractivity contribution < 1.29 is 60.6 Å². The SMILES string of the molecule is [2H]c1c([2H])c([2H])c([Si](c2c([2H])c([2H])c([2H])c([2H])c2[2H])(c2c([2H])c([2H])c([2H])c(-c3nc(-c4c([2H])c([2H])c([2H])c([2H])c4-n4c5c([2H])c([2H])c([2H])c([2H])c5c5c([2H])c([2H])c([2H])c([2H])c54)nc(-n4c5c([2H])c([2H])c([2H])c([2H])c5c5c([2H])c([2H])c([2H])c([2H])c54)n3)c2[2H])c2c([2H])c([2H])c3oc4c([2H])c([2H])c([2H])c([2H])c4c3c2[2H])c([2H])c1[2H]. The molecule has 0 radical (unpaired) electrons. The molecule has 4 heterocycles. The van der Waals surface area contributed by atoms with E-state index in [-0.39, 0.29) is 0 Å². The van der Waals surface area contributed by atoms with Gasteiger partial charge in [0.1, 0.15) is 11.2 Å². The van der Waals surface area contributed by atoms with Crippen molar-refractivity contribution >= 4 is 94.4 Å². The van der Waals surface area contributed by atoms with Crippen LogP contribution in [0.5, 0.6) is 0 Å². The normalized spacial score (nSPS) is 20.2. The molecule has 0 saturated carbocycles. The number of furan rings is 1. The van der Waals surface area contributed by atoms with Crippen LogP contribution >= 0.6 is 0 Å². The van der Waals surface area contributed by atoms with Gasteiger partial charge in [-0.3, -0.25) is 4.57 Å². The molecule has 0 atom stereocenters. The van der Waals surface area contributed by atoms with Crippen LogP contribution < -0.4 is 20.7 Å². The van der Waals surface area contributed by atoms with Crippen LogP contribution in [-0.4, -0.2) is 32.2 Å². The second kappa shape index (κ2) is 16.0. The first-order valence-corrected chi connectivity index (χ1v) is 22.3. The molecule has 14 aromatic rings. The molecule has 0 aliphatic carbocycles. The second-order valence-corrected chi connectivity index (χ2v) is 18.3. The topological polar surface area (TPSA) is 61.7 Å². The molecule has 0 unspecified atom stereocenters. The van der Waals surface area contributed by atoms with Crippen LogP contribution in [0.2, 0.25) is 0 Å². The van der Waals surface area contributed by atoms with Gasteiger partial charge in [-0.15, -0.1) is 0 Å². The highest BCUT2D eigenvalue weighted by atomic mass is 28.3. The molecule has 328 valence electrons. The van der Waals surface area contributed by atoms with Crippen molar-refractivity contribution in [3.63, 3.8) is 0 Å². The Morgan fingerprint density at radius 2 is 0.814 bits per heavy atom. The lowest BCUT2D eigenvalue weighted by molar-refractivity contribution is 0.669. The van der Waals surface area contributed by atoms with E-state index < -0.39 is 377 Å². The summed E-state index contributed by atoms with van der Waals surface area (Å²) in [6.07, 6.45) is 0. The predicted molar refractivity (Wildman–Crippen MR) is 290 cm³/mol. The average Bonchev–Trinajstić information content (AvgIpc) is 0.951. The summed E-state index contributed by atoms with van der Waals surface area (Å²) in [4.78, 5) is 13.8. The fraction of sp³-hybridized carbons (Fsp3) is 0. The molecule has 0 fully saturated rings. The van der Waals surface area contributed by atoms with Crippen molar-refractivity contribution in [2.75, 3.05) is 0 Å². The summed E-state index contributed by atoms with van der Waals surface area (Å²) < 4.78 is 392. The third kappa shape index (κ3) is 6.08. The van der Waals surface area contributed by atoms with E-state index in [1.165, 1.54) is 0 Å². The first kappa shape index (κ1) is 16.5. The monoisotopic (exact) mass is 953 g/mol. The van der Waals surface area contributed by atoms with Crippen molar-refractivity contribution in [1.29, 1.82) is 0 Å². The van der Waals surface area contributed by atoms with Crippen LogP contribution in [-0.2, 0) is 0 Å². The van der Waals surface area contributed by atoms with E-state index in [1.54, 1.807) is 0 Å². The largest absolute Gasteiger partial charge is 0.456 e.